The molecule has 1 N–H and O–H groups in total. The third-order valence-electron chi connectivity index (χ3n) is 2.71. The van der Waals surface area contributed by atoms with Gasteiger partial charge in [-0.15, -0.1) is 0 Å². The molecule has 1 aromatic rings. The number of benzene rings is 1. The zero-order valence-electron chi connectivity index (χ0n) is 10.8. The summed E-state index contributed by atoms with van der Waals surface area (Å²) in [4.78, 5) is 0. The molecule has 0 bridgehead atoms. The molecule has 3 heteroatoms. The number of hydrogen-bond donors (Lipinski definition) is 1. The lowest BCUT2D eigenvalue weighted by Gasteiger charge is -2.25. The quantitative estimate of drug-likeness (QED) is 0.778. The summed E-state index contributed by atoms with van der Waals surface area (Å²) in [6, 6.07) is 4.92. The van der Waals surface area contributed by atoms with Gasteiger partial charge in [-0.3, -0.25) is 0 Å². The van der Waals surface area contributed by atoms with E-state index in [1.165, 1.54) is 12.1 Å². The summed E-state index contributed by atoms with van der Waals surface area (Å²) in [5.41, 5.74) is 1.34. The highest BCUT2D eigenvalue weighted by Gasteiger charge is 2.19. The summed E-state index contributed by atoms with van der Waals surface area (Å²) >= 11 is 3.42. The SMILES string of the molecule is CCCNCC(C)(C)Cc1ccc(F)cc1Br. The highest BCUT2D eigenvalue weighted by atomic mass is 79.9. The van der Waals surface area contributed by atoms with Crippen LogP contribution in [0.1, 0.15) is 32.8 Å². The molecule has 0 aromatic heterocycles. The Morgan fingerprint density at radius 2 is 2.06 bits per heavy atom. The van der Waals surface area contributed by atoms with Gasteiger partial charge in [0.2, 0.25) is 0 Å². The Balaban J connectivity index is 2.62. The summed E-state index contributed by atoms with van der Waals surface area (Å²) < 4.78 is 13.8. The fourth-order valence-corrected chi connectivity index (χ4v) is 2.34. The first-order valence-electron chi connectivity index (χ1n) is 6.09. The molecule has 0 unspecified atom stereocenters. The first kappa shape index (κ1) is 14.7. The molecule has 1 aromatic carbocycles. The molecule has 96 valence electrons. The molecule has 0 spiro atoms. The Morgan fingerprint density at radius 1 is 1.35 bits per heavy atom. The first-order chi connectivity index (χ1) is 7.94. The predicted octanol–water partition coefficient (Wildman–Crippen LogP) is 4.16. The van der Waals surface area contributed by atoms with Gasteiger partial charge in [-0.25, -0.2) is 4.39 Å². The number of halogens is 2. The molecule has 0 aliphatic rings. The Morgan fingerprint density at radius 3 is 2.65 bits per heavy atom. The van der Waals surface area contributed by atoms with Gasteiger partial charge in [0, 0.05) is 11.0 Å². The molecule has 0 aliphatic heterocycles. The molecule has 0 aliphatic carbocycles. The first-order valence-corrected chi connectivity index (χ1v) is 6.88. The van der Waals surface area contributed by atoms with Crippen molar-refractivity contribution >= 4 is 15.9 Å². The molecule has 0 saturated carbocycles. The largest absolute Gasteiger partial charge is 0.316 e. The zero-order chi connectivity index (χ0) is 12.9. The standard InChI is InChI=1S/C14H21BrFN/c1-4-7-17-10-14(2,3)9-11-5-6-12(16)8-13(11)15/h5-6,8,17H,4,7,9-10H2,1-3H3. The number of nitrogens with one attached hydrogen (secondary N) is 1. The van der Waals surface area contributed by atoms with Gasteiger partial charge in [0.1, 0.15) is 5.82 Å². The Labute approximate surface area is 112 Å². The molecule has 17 heavy (non-hydrogen) atoms. The predicted molar refractivity (Wildman–Crippen MR) is 74.7 cm³/mol. The van der Waals surface area contributed by atoms with Crippen LogP contribution < -0.4 is 5.32 Å². The van der Waals surface area contributed by atoms with E-state index < -0.39 is 0 Å². The summed E-state index contributed by atoms with van der Waals surface area (Å²) in [7, 11) is 0. The van der Waals surface area contributed by atoms with Crippen LogP contribution >= 0.6 is 15.9 Å². The van der Waals surface area contributed by atoms with Crippen LogP contribution in [0.15, 0.2) is 22.7 Å². The maximum absolute atomic E-state index is 13.0. The Kier molecular flexibility index (Phi) is 5.60. The van der Waals surface area contributed by atoms with Crippen LogP contribution in [-0.2, 0) is 6.42 Å². The van der Waals surface area contributed by atoms with Crippen LogP contribution in [0.5, 0.6) is 0 Å². The Hall–Kier alpha value is -0.410. The monoisotopic (exact) mass is 301 g/mol. The lowest BCUT2D eigenvalue weighted by atomic mass is 9.85. The summed E-state index contributed by atoms with van der Waals surface area (Å²) in [6.07, 6.45) is 2.08. The van der Waals surface area contributed by atoms with Crippen LogP contribution in [0.2, 0.25) is 0 Å². The van der Waals surface area contributed by atoms with Crippen molar-refractivity contribution < 1.29 is 4.39 Å². The highest BCUT2D eigenvalue weighted by Crippen LogP contribution is 2.26. The van der Waals surface area contributed by atoms with E-state index in [9.17, 15) is 4.39 Å². The van der Waals surface area contributed by atoms with Crippen LogP contribution in [0.3, 0.4) is 0 Å². The van der Waals surface area contributed by atoms with Gasteiger partial charge >= 0.3 is 0 Å². The number of hydrogen-bond acceptors (Lipinski definition) is 1. The van der Waals surface area contributed by atoms with Gasteiger partial charge in [-0.05, 0) is 42.5 Å². The van der Waals surface area contributed by atoms with Crippen molar-refractivity contribution in [3.05, 3.63) is 34.1 Å². The lowest BCUT2D eigenvalue weighted by Crippen LogP contribution is -2.31. The molecule has 0 saturated heterocycles. The normalized spacial score (nSPS) is 11.8. The van der Waals surface area contributed by atoms with Crippen molar-refractivity contribution in [3.63, 3.8) is 0 Å². The van der Waals surface area contributed by atoms with Crippen molar-refractivity contribution in [2.45, 2.75) is 33.6 Å². The van der Waals surface area contributed by atoms with Gasteiger partial charge in [-0.2, -0.15) is 0 Å². The van der Waals surface area contributed by atoms with E-state index in [1.54, 1.807) is 0 Å². The molecular formula is C14H21BrFN. The van der Waals surface area contributed by atoms with E-state index in [1.807, 2.05) is 6.07 Å². The lowest BCUT2D eigenvalue weighted by molar-refractivity contribution is 0.338. The van der Waals surface area contributed by atoms with Crippen molar-refractivity contribution in [1.82, 2.24) is 5.32 Å². The second-order valence-corrected chi connectivity index (χ2v) is 6.11. The van der Waals surface area contributed by atoms with Gasteiger partial charge in [0.25, 0.3) is 0 Å². The minimum absolute atomic E-state index is 0.176. The van der Waals surface area contributed by atoms with Crippen LogP contribution in [0.4, 0.5) is 4.39 Å². The molecule has 0 amide bonds. The zero-order valence-corrected chi connectivity index (χ0v) is 12.4. The van der Waals surface area contributed by atoms with Crippen LogP contribution in [0, 0.1) is 11.2 Å². The van der Waals surface area contributed by atoms with Crippen LogP contribution in [0.25, 0.3) is 0 Å². The van der Waals surface area contributed by atoms with Crippen LogP contribution in [-0.4, -0.2) is 13.1 Å². The smallest absolute Gasteiger partial charge is 0.124 e. The second-order valence-electron chi connectivity index (χ2n) is 5.25. The topological polar surface area (TPSA) is 12.0 Å². The third-order valence-corrected chi connectivity index (χ3v) is 3.45. The molecule has 0 heterocycles. The molecule has 1 rings (SSSR count). The van der Waals surface area contributed by atoms with Gasteiger partial charge in [-0.1, -0.05) is 42.8 Å². The van der Waals surface area contributed by atoms with Gasteiger partial charge in [0.05, 0.1) is 0 Å². The van der Waals surface area contributed by atoms with E-state index in [-0.39, 0.29) is 11.2 Å². The Bertz CT molecular complexity index is 363. The molecule has 0 radical (unpaired) electrons. The minimum Gasteiger partial charge on any atom is -0.316 e. The highest BCUT2D eigenvalue weighted by molar-refractivity contribution is 9.10. The summed E-state index contributed by atoms with van der Waals surface area (Å²) in [5.74, 6) is -0.192. The van der Waals surface area contributed by atoms with Crippen molar-refractivity contribution in [1.29, 1.82) is 0 Å². The number of rotatable bonds is 6. The van der Waals surface area contributed by atoms with E-state index in [0.29, 0.717) is 0 Å². The molecular weight excluding hydrogens is 281 g/mol. The fraction of sp³-hybridized carbons (Fsp3) is 0.571. The second kappa shape index (κ2) is 6.50. The van der Waals surface area contributed by atoms with Crippen molar-refractivity contribution in [2.24, 2.45) is 5.41 Å². The van der Waals surface area contributed by atoms with E-state index >= 15 is 0 Å². The van der Waals surface area contributed by atoms with E-state index in [4.69, 9.17) is 0 Å². The molecule has 0 atom stereocenters. The maximum Gasteiger partial charge on any atom is 0.124 e. The average molecular weight is 302 g/mol. The van der Waals surface area contributed by atoms with Gasteiger partial charge < -0.3 is 5.32 Å². The molecule has 0 fully saturated rings. The minimum atomic E-state index is -0.192. The van der Waals surface area contributed by atoms with E-state index in [2.05, 4.69) is 42.0 Å². The third kappa shape index (κ3) is 5.17. The van der Waals surface area contributed by atoms with Gasteiger partial charge in [0.15, 0.2) is 0 Å². The average Bonchev–Trinajstić information content (AvgIpc) is 2.22. The van der Waals surface area contributed by atoms with Crippen molar-refractivity contribution in [3.8, 4) is 0 Å². The fourth-order valence-electron chi connectivity index (χ4n) is 1.85. The summed E-state index contributed by atoms with van der Waals surface area (Å²) in [5, 5.41) is 3.44. The maximum atomic E-state index is 13.0. The summed E-state index contributed by atoms with van der Waals surface area (Å²) in [6.45, 7) is 8.64. The van der Waals surface area contributed by atoms with E-state index in [0.717, 1.165) is 36.0 Å². The molecule has 1 nitrogen and oxygen atoms in total. The van der Waals surface area contributed by atoms with Crippen molar-refractivity contribution in [2.75, 3.05) is 13.1 Å².